The van der Waals surface area contributed by atoms with Gasteiger partial charge in [0.2, 0.25) is 0 Å². The number of aliphatic hydroxyl groups excluding tert-OH is 1. The first-order valence-corrected chi connectivity index (χ1v) is 6.07. The van der Waals surface area contributed by atoms with Gasteiger partial charge in [0.1, 0.15) is 11.9 Å². The number of rotatable bonds is 4. The molecule has 0 saturated carbocycles. The second kappa shape index (κ2) is 5.07. The lowest BCUT2D eigenvalue weighted by Crippen LogP contribution is -2.22. The fourth-order valence-corrected chi connectivity index (χ4v) is 1.88. The summed E-state index contributed by atoms with van der Waals surface area (Å²) in [6.45, 7) is 5.62. The number of ether oxygens (including phenoxy) is 2. The number of aliphatic hydroxyl groups is 1. The van der Waals surface area contributed by atoms with Gasteiger partial charge in [-0.1, -0.05) is 26.0 Å². The van der Waals surface area contributed by atoms with Crippen molar-refractivity contribution in [3.05, 3.63) is 29.8 Å². The average molecular weight is 236 g/mol. The molecule has 1 aromatic carbocycles. The van der Waals surface area contributed by atoms with Gasteiger partial charge in [-0.15, -0.1) is 0 Å². The zero-order valence-corrected chi connectivity index (χ0v) is 10.5. The van der Waals surface area contributed by atoms with Crippen LogP contribution in [0.4, 0.5) is 0 Å². The quantitative estimate of drug-likeness (QED) is 0.870. The maximum Gasteiger partial charge on any atom is 0.124 e. The van der Waals surface area contributed by atoms with E-state index in [2.05, 4.69) is 0 Å². The van der Waals surface area contributed by atoms with Crippen LogP contribution in [-0.4, -0.2) is 31.0 Å². The van der Waals surface area contributed by atoms with Crippen LogP contribution in [0.1, 0.15) is 25.8 Å². The SMILES string of the molecule is CC(C)(CO)c1cccc(OC2CCOC2)c1. The molecule has 17 heavy (non-hydrogen) atoms. The molecule has 0 spiro atoms. The molecular weight excluding hydrogens is 216 g/mol. The Bertz CT molecular complexity index is 367. The second-order valence-corrected chi connectivity index (χ2v) is 5.17. The maximum atomic E-state index is 9.36. The summed E-state index contributed by atoms with van der Waals surface area (Å²) in [7, 11) is 0. The highest BCUT2D eigenvalue weighted by molar-refractivity contribution is 5.33. The molecule has 1 aliphatic heterocycles. The van der Waals surface area contributed by atoms with E-state index in [0.717, 1.165) is 24.3 Å². The van der Waals surface area contributed by atoms with Crippen LogP contribution >= 0.6 is 0 Å². The van der Waals surface area contributed by atoms with Crippen LogP contribution < -0.4 is 4.74 Å². The third kappa shape index (κ3) is 2.99. The standard InChI is InChI=1S/C14H20O3/c1-14(2,10-15)11-4-3-5-12(8-11)17-13-6-7-16-9-13/h3-5,8,13,15H,6-7,9-10H2,1-2H3. The lowest BCUT2D eigenvalue weighted by atomic mass is 9.85. The molecule has 1 aliphatic rings. The zero-order chi connectivity index (χ0) is 12.3. The molecule has 1 saturated heterocycles. The minimum absolute atomic E-state index is 0.128. The Labute approximate surface area is 102 Å². The van der Waals surface area contributed by atoms with E-state index in [0.29, 0.717) is 6.61 Å². The van der Waals surface area contributed by atoms with Crippen molar-refractivity contribution >= 4 is 0 Å². The molecule has 3 nitrogen and oxygen atoms in total. The smallest absolute Gasteiger partial charge is 0.124 e. The molecule has 94 valence electrons. The minimum Gasteiger partial charge on any atom is -0.488 e. The van der Waals surface area contributed by atoms with E-state index < -0.39 is 0 Å². The largest absolute Gasteiger partial charge is 0.488 e. The lowest BCUT2D eigenvalue weighted by Gasteiger charge is -2.23. The summed E-state index contributed by atoms with van der Waals surface area (Å²) in [6.07, 6.45) is 1.12. The van der Waals surface area contributed by atoms with Crippen molar-refractivity contribution in [2.45, 2.75) is 31.8 Å². The van der Waals surface area contributed by atoms with Crippen molar-refractivity contribution in [2.75, 3.05) is 19.8 Å². The summed E-state index contributed by atoms with van der Waals surface area (Å²) in [5, 5.41) is 9.36. The summed E-state index contributed by atoms with van der Waals surface area (Å²) in [5.74, 6) is 0.861. The van der Waals surface area contributed by atoms with E-state index in [9.17, 15) is 5.11 Å². The summed E-state index contributed by atoms with van der Waals surface area (Å²) < 4.78 is 11.1. The summed E-state index contributed by atoms with van der Waals surface area (Å²) in [5.41, 5.74) is 0.863. The first-order chi connectivity index (χ1) is 8.12. The molecule has 1 N–H and O–H groups in total. The summed E-state index contributed by atoms with van der Waals surface area (Å²) in [4.78, 5) is 0. The van der Waals surface area contributed by atoms with Crippen LogP contribution in [0.15, 0.2) is 24.3 Å². The van der Waals surface area contributed by atoms with E-state index in [1.165, 1.54) is 0 Å². The van der Waals surface area contributed by atoms with Gasteiger partial charge in [-0.2, -0.15) is 0 Å². The molecule has 1 atom stereocenters. The molecule has 0 aromatic heterocycles. The fourth-order valence-electron chi connectivity index (χ4n) is 1.88. The molecule has 1 unspecified atom stereocenters. The van der Waals surface area contributed by atoms with Gasteiger partial charge in [-0.25, -0.2) is 0 Å². The maximum absolute atomic E-state index is 9.36. The van der Waals surface area contributed by atoms with Gasteiger partial charge in [0.05, 0.1) is 19.8 Å². The molecule has 3 heteroatoms. The highest BCUT2D eigenvalue weighted by atomic mass is 16.5. The van der Waals surface area contributed by atoms with Gasteiger partial charge in [-0.05, 0) is 17.7 Å². The Hall–Kier alpha value is -1.06. The molecule has 0 amide bonds. The Kier molecular flexibility index (Phi) is 3.69. The predicted octanol–water partition coefficient (Wildman–Crippen LogP) is 2.12. The van der Waals surface area contributed by atoms with Gasteiger partial charge < -0.3 is 14.6 Å². The molecule has 0 aliphatic carbocycles. The third-order valence-corrected chi connectivity index (χ3v) is 3.20. The van der Waals surface area contributed by atoms with E-state index in [4.69, 9.17) is 9.47 Å². The van der Waals surface area contributed by atoms with Crippen molar-refractivity contribution in [1.82, 2.24) is 0 Å². The Morgan fingerprint density at radius 2 is 2.29 bits per heavy atom. The monoisotopic (exact) mass is 236 g/mol. The van der Waals surface area contributed by atoms with Crippen molar-refractivity contribution in [3.63, 3.8) is 0 Å². The minimum atomic E-state index is -0.231. The van der Waals surface area contributed by atoms with E-state index in [-0.39, 0.29) is 18.1 Å². The van der Waals surface area contributed by atoms with Crippen molar-refractivity contribution < 1.29 is 14.6 Å². The summed E-state index contributed by atoms with van der Waals surface area (Å²) in [6, 6.07) is 7.95. The number of hydrogen-bond donors (Lipinski definition) is 1. The third-order valence-electron chi connectivity index (χ3n) is 3.20. The number of hydrogen-bond acceptors (Lipinski definition) is 3. The van der Waals surface area contributed by atoms with Crippen LogP contribution in [0, 0.1) is 0 Å². The zero-order valence-electron chi connectivity index (χ0n) is 10.5. The Morgan fingerprint density at radius 1 is 1.47 bits per heavy atom. The first kappa shape index (κ1) is 12.4. The van der Waals surface area contributed by atoms with Gasteiger partial charge >= 0.3 is 0 Å². The van der Waals surface area contributed by atoms with Gasteiger partial charge in [-0.3, -0.25) is 0 Å². The second-order valence-electron chi connectivity index (χ2n) is 5.17. The van der Waals surface area contributed by atoms with E-state index in [1.807, 2.05) is 38.1 Å². The molecule has 2 rings (SSSR count). The highest BCUT2D eigenvalue weighted by Gasteiger charge is 2.21. The Balaban J connectivity index is 2.10. The van der Waals surface area contributed by atoms with Gasteiger partial charge in [0.25, 0.3) is 0 Å². The molecule has 0 bridgehead atoms. The fraction of sp³-hybridized carbons (Fsp3) is 0.571. The highest BCUT2D eigenvalue weighted by Crippen LogP contribution is 2.27. The van der Waals surface area contributed by atoms with Crippen LogP contribution in [-0.2, 0) is 10.2 Å². The molecule has 0 radical (unpaired) electrons. The molecule has 1 heterocycles. The van der Waals surface area contributed by atoms with Crippen molar-refractivity contribution in [2.24, 2.45) is 0 Å². The topological polar surface area (TPSA) is 38.7 Å². The normalized spacial score (nSPS) is 20.5. The van der Waals surface area contributed by atoms with E-state index in [1.54, 1.807) is 0 Å². The van der Waals surface area contributed by atoms with Crippen LogP contribution in [0.25, 0.3) is 0 Å². The first-order valence-electron chi connectivity index (χ1n) is 6.07. The Morgan fingerprint density at radius 3 is 2.94 bits per heavy atom. The van der Waals surface area contributed by atoms with E-state index >= 15 is 0 Å². The van der Waals surface area contributed by atoms with Gasteiger partial charge in [0, 0.05) is 11.8 Å². The number of benzene rings is 1. The van der Waals surface area contributed by atoms with Gasteiger partial charge in [0.15, 0.2) is 0 Å². The molecule has 1 aromatic rings. The van der Waals surface area contributed by atoms with Crippen LogP contribution in [0.2, 0.25) is 0 Å². The summed E-state index contributed by atoms with van der Waals surface area (Å²) >= 11 is 0. The van der Waals surface area contributed by atoms with Crippen molar-refractivity contribution in [1.29, 1.82) is 0 Å². The average Bonchev–Trinajstić information content (AvgIpc) is 2.82. The molecular formula is C14H20O3. The predicted molar refractivity (Wildman–Crippen MR) is 66.4 cm³/mol. The molecule has 1 fully saturated rings. The van der Waals surface area contributed by atoms with Crippen LogP contribution in [0.5, 0.6) is 5.75 Å². The van der Waals surface area contributed by atoms with Crippen LogP contribution in [0.3, 0.4) is 0 Å². The van der Waals surface area contributed by atoms with Crippen molar-refractivity contribution in [3.8, 4) is 5.75 Å². The lowest BCUT2D eigenvalue weighted by molar-refractivity contribution is 0.141.